The average molecular weight is 297 g/mol. The first kappa shape index (κ1) is 14.2. The standard InChI is InChI=1S/C7H11N3O4S3/c1-2-4(17(11,12)13)3-14-5-8-6(15)10-7(16)9-5/h4H,2-3H2,1H3,(H,11,12,13)(H2,8,9,10,15,16). The van der Waals surface area contributed by atoms with Crippen LogP contribution in [0.3, 0.4) is 0 Å². The van der Waals surface area contributed by atoms with E-state index in [4.69, 9.17) is 33.7 Å². The summed E-state index contributed by atoms with van der Waals surface area (Å²) in [5, 5.41) is -1.01. The fourth-order valence-corrected chi connectivity index (χ4v) is 2.12. The van der Waals surface area contributed by atoms with Gasteiger partial charge in [0, 0.05) is 0 Å². The van der Waals surface area contributed by atoms with E-state index >= 15 is 0 Å². The maximum Gasteiger partial charge on any atom is 0.298 e. The Labute approximate surface area is 108 Å². The molecule has 0 amide bonds. The molecule has 7 nitrogen and oxygen atoms in total. The van der Waals surface area contributed by atoms with Crippen LogP contribution in [-0.2, 0) is 10.1 Å². The lowest BCUT2D eigenvalue weighted by atomic mass is 10.3. The van der Waals surface area contributed by atoms with E-state index in [-0.39, 0.29) is 28.6 Å². The number of H-pyrrole nitrogens is 2. The van der Waals surface area contributed by atoms with Crippen LogP contribution in [-0.4, -0.2) is 39.8 Å². The number of hydrogen-bond acceptors (Lipinski definition) is 6. The molecule has 1 aromatic heterocycles. The third kappa shape index (κ3) is 4.50. The first-order valence-corrected chi connectivity index (χ1v) is 6.94. The molecule has 0 saturated heterocycles. The summed E-state index contributed by atoms with van der Waals surface area (Å²) in [6.45, 7) is 1.39. The van der Waals surface area contributed by atoms with Crippen LogP contribution in [0, 0.1) is 9.54 Å². The van der Waals surface area contributed by atoms with Crippen LogP contribution in [0.2, 0.25) is 0 Å². The van der Waals surface area contributed by atoms with Gasteiger partial charge in [0.2, 0.25) is 4.77 Å². The molecule has 3 N–H and O–H groups in total. The molecule has 0 aliphatic carbocycles. The number of aromatic nitrogens is 3. The molecule has 1 rings (SSSR count). The Balaban J connectivity index is 2.80. The lowest BCUT2D eigenvalue weighted by Crippen LogP contribution is -2.27. The number of rotatable bonds is 5. The molecular formula is C7H11N3O4S3. The van der Waals surface area contributed by atoms with Crippen molar-refractivity contribution in [3.8, 4) is 6.01 Å². The van der Waals surface area contributed by atoms with E-state index in [0.29, 0.717) is 0 Å². The predicted octanol–water partition coefficient (Wildman–Crippen LogP) is 1.24. The number of ether oxygens (including phenoxy) is 1. The second kappa shape index (κ2) is 5.67. The van der Waals surface area contributed by atoms with Crippen molar-refractivity contribution in [3.63, 3.8) is 0 Å². The van der Waals surface area contributed by atoms with Crippen molar-refractivity contribution in [2.45, 2.75) is 18.6 Å². The van der Waals surface area contributed by atoms with E-state index in [2.05, 4.69) is 15.0 Å². The van der Waals surface area contributed by atoms with Gasteiger partial charge in [0.1, 0.15) is 11.9 Å². The van der Waals surface area contributed by atoms with Crippen molar-refractivity contribution in [2.75, 3.05) is 6.61 Å². The Morgan fingerprint density at radius 1 is 1.47 bits per heavy atom. The van der Waals surface area contributed by atoms with Crippen LogP contribution in [0.4, 0.5) is 0 Å². The number of nitrogens with zero attached hydrogens (tertiary/aromatic N) is 1. The maximum absolute atomic E-state index is 10.9. The van der Waals surface area contributed by atoms with Gasteiger partial charge >= 0.3 is 0 Å². The van der Waals surface area contributed by atoms with Crippen LogP contribution < -0.4 is 4.74 Å². The van der Waals surface area contributed by atoms with Crippen molar-refractivity contribution in [3.05, 3.63) is 9.54 Å². The zero-order valence-electron chi connectivity index (χ0n) is 8.84. The van der Waals surface area contributed by atoms with Crippen LogP contribution in [0.5, 0.6) is 6.01 Å². The molecule has 1 atom stereocenters. The molecule has 17 heavy (non-hydrogen) atoms. The Morgan fingerprint density at radius 2 is 2.12 bits per heavy atom. The fourth-order valence-electron chi connectivity index (χ4n) is 1.03. The lowest BCUT2D eigenvalue weighted by molar-refractivity contribution is 0.278. The van der Waals surface area contributed by atoms with Gasteiger partial charge < -0.3 is 9.72 Å². The van der Waals surface area contributed by atoms with Gasteiger partial charge in [0.25, 0.3) is 16.1 Å². The predicted molar refractivity (Wildman–Crippen MR) is 65.7 cm³/mol. The number of aromatic amines is 2. The zero-order chi connectivity index (χ0) is 13.1. The maximum atomic E-state index is 10.9. The monoisotopic (exact) mass is 297 g/mol. The SMILES string of the molecule is CCC(COc1nc(=S)[nH]c(=S)[nH]1)S(=O)(=O)O. The average Bonchev–Trinajstić information content (AvgIpc) is 2.14. The van der Waals surface area contributed by atoms with Gasteiger partial charge in [-0.15, -0.1) is 0 Å². The highest BCUT2D eigenvalue weighted by Gasteiger charge is 2.21. The first-order valence-electron chi connectivity index (χ1n) is 4.62. The van der Waals surface area contributed by atoms with Gasteiger partial charge in [0.15, 0.2) is 4.77 Å². The molecular weight excluding hydrogens is 286 g/mol. The summed E-state index contributed by atoms with van der Waals surface area (Å²) in [6, 6.07) is 0.0147. The minimum absolute atomic E-state index is 0.0147. The summed E-state index contributed by atoms with van der Waals surface area (Å²) < 4.78 is 36.1. The zero-order valence-corrected chi connectivity index (χ0v) is 11.3. The summed E-state index contributed by atoms with van der Waals surface area (Å²) in [5.41, 5.74) is 0. The second-order valence-electron chi connectivity index (χ2n) is 3.16. The van der Waals surface area contributed by atoms with Gasteiger partial charge in [-0.25, -0.2) is 0 Å². The Bertz CT molecular complexity index is 563. The number of hydrogen-bond donors (Lipinski definition) is 3. The minimum atomic E-state index is -4.13. The molecule has 96 valence electrons. The van der Waals surface area contributed by atoms with Gasteiger partial charge in [-0.05, 0) is 30.9 Å². The van der Waals surface area contributed by atoms with Crippen LogP contribution in [0.25, 0.3) is 0 Å². The van der Waals surface area contributed by atoms with Crippen molar-refractivity contribution in [1.82, 2.24) is 15.0 Å². The van der Waals surface area contributed by atoms with Crippen molar-refractivity contribution in [2.24, 2.45) is 0 Å². The third-order valence-electron chi connectivity index (χ3n) is 1.93. The summed E-state index contributed by atoms with van der Waals surface area (Å²) in [6.07, 6.45) is 0.221. The van der Waals surface area contributed by atoms with Gasteiger partial charge in [-0.2, -0.15) is 13.4 Å². The van der Waals surface area contributed by atoms with Crippen molar-refractivity contribution < 1.29 is 17.7 Å². The van der Waals surface area contributed by atoms with E-state index in [9.17, 15) is 8.42 Å². The summed E-state index contributed by atoms with van der Waals surface area (Å²) in [7, 11) is -4.13. The Kier molecular flexibility index (Phi) is 4.74. The fraction of sp³-hybridized carbons (Fsp3) is 0.571. The van der Waals surface area contributed by atoms with E-state index in [0.717, 1.165) is 0 Å². The van der Waals surface area contributed by atoms with Gasteiger partial charge in [-0.1, -0.05) is 6.92 Å². The highest BCUT2D eigenvalue weighted by Crippen LogP contribution is 2.07. The Hall–Kier alpha value is -0.840. The minimum Gasteiger partial charge on any atom is -0.463 e. The van der Waals surface area contributed by atoms with E-state index in [1.54, 1.807) is 6.92 Å². The van der Waals surface area contributed by atoms with Crippen molar-refractivity contribution >= 4 is 34.6 Å². The molecule has 1 unspecified atom stereocenters. The molecule has 1 aromatic rings. The molecule has 0 radical (unpaired) electrons. The summed E-state index contributed by atoms with van der Waals surface area (Å²) in [4.78, 5) is 8.88. The molecule has 1 heterocycles. The quantitative estimate of drug-likeness (QED) is 0.554. The van der Waals surface area contributed by atoms with Crippen LogP contribution >= 0.6 is 24.4 Å². The molecule has 0 aliphatic rings. The van der Waals surface area contributed by atoms with Gasteiger partial charge in [-0.3, -0.25) is 9.54 Å². The molecule has 0 saturated carbocycles. The second-order valence-corrected chi connectivity index (χ2v) is 5.65. The van der Waals surface area contributed by atoms with Crippen molar-refractivity contribution in [1.29, 1.82) is 0 Å². The van der Waals surface area contributed by atoms with Crippen LogP contribution in [0.15, 0.2) is 0 Å². The highest BCUT2D eigenvalue weighted by molar-refractivity contribution is 7.86. The smallest absolute Gasteiger partial charge is 0.298 e. The van der Waals surface area contributed by atoms with E-state index in [1.165, 1.54) is 0 Å². The lowest BCUT2D eigenvalue weighted by Gasteiger charge is -2.11. The summed E-state index contributed by atoms with van der Waals surface area (Å²) in [5.74, 6) is 0. The molecule has 0 aliphatic heterocycles. The number of nitrogens with one attached hydrogen (secondary N) is 2. The molecule has 0 aromatic carbocycles. The highest BCUT2D eigenvalue weighted by atomic mass is 32.2. The first-order chi connectivity index (χ1) is 7.82. The third-order valence-corrected chi connectivity index (χ3v) is 3.64. The Morgan fingerprint density at radius 3 is 2.59 bits per heavy atom. The molecule has 0 bridgehead atoms. The molecule has 0 fully saturated rings. The largest absolute Gasteiger partial charge is 0.463 e. The normalized spacial score (nSPS) is 13.3. The molecule has 10 heteroatoms. The van der Waals surface area contributed by atoms with E-state index in [1.807, 2.05) is 0 Å². The topological polar surface area (TPSA) is 108 Å². The van der Waals surface area contributed by atoms with Gasteiger partial charge in [0.05, 0.1) is 0 Å². The van der Waals surface area contributed by atoms with E-state index < -0.39 is 15.4 Å². The molecule has 0 spiro atoms. The summed E-state index contributed by atoms with van der Waals surface area (Å²) >= 11 is 9.57. The van der Waals surface area contributed by atoms with Crippen LogP contribution in [0.1, 0.15) is 13.3 Å².